The minimum Gasteiger partial charge on any atom is -0.485 e. The van der Waals surface area contributed by atoms with Gasteiger partial charge in [0.05, 0.1) is 30.6 Å². The van der Waals surface area contributed by atoms with Crippen LogP contribution in [0.25, 0.3) is 0 Å². The topological polar surface area (TPSA) is 102 Å². The van der Waals surface area contributed by atoms with Gasteiger partial charge < -0.3 is 39.6 Å². The minimum absolute atomic E-state index is 0.0109. The van der Waals surface area contributed by atoms with Crippen LogP contribution in [0.1, 0.15) is 23.2 Å². The maximum Gasteiger partial charge on any atom is 0.255 e. The van der Waals surface area contributed by atoms with Crippen LogP contribution >= 0.6 is 11.6 Å². The number of amides is 1. The Hall–Kier alpha value is -1.78. The van der Waals surface area contributed by atoms with E-state index in [0.29, 0.717) is 67.3 Å². The van der Waals surface area contributed by atoms with Gasteiger partial charge in [-0.25, -0.2) is 0 Å². The molecule has 3 aliphatic heterocycles. The molecule has 10 heteroatoms. The number of carbonyl (C=O) groups excluding carboxylic acids is 1. The lowest BCUT2D eigenvalue weighted by molar-refractivity contribution is -0.0576. The summed E-state index contributed by atoms with van der Waals surface area (Å²) in [7, 11) is 1.73. The number of nitrogens with zero attached hydrogens (tertiary/aromatic N) is 1. The second-order valence-corrected chi connectivity index (χ2v) is 8.36. The zero-order chi connectivity index (χ0) is 21.8. The zero-order valence-corrected chi connectivity index (χ0v) is 18.5. The maximum absolute atomic E-state index is 12.9. The van der Waals surface area contributed by atoms with Crippen LogP contribution in [0.4, 0.5) is 5.69 Å². The average Bonchev–Trinajstić information content (AvgIpc) is 3.31. The summed E-state index contributed by atoms with van der Waals surface area (Å²) < 4.78 is 22.3. The number of nitrogens with one attached hydrogen (secondary N) is 2. The Morgan fingerprint density at radius 3 is 2.68 bits per heavy atom. The van der Waals surface area contributed by atoms with Crippen molar-refractivity contribution in [3.05, 3.63) is 16.7 Å². The van der Waals surface area contributed by atoms with Crippen molar-refractivity contribution in [1.29, 1.82) is 0 Å². The molecular weight excluding hydrogens is 426 g/mol. The van der Waals surface area contributed by atoms with E-state index in [1.54, 1.807) is 13.1 Å². The van der Waals surface area contributed by atoms with Crippen molar-refractivity contribution >= 4 is 23.2 Å². The molecule has 0 spiro atoms. The van der Waals surface area contributed by atoms with Crippen LogP contribution in [0.3, 0.4) is 0 Å². The molecule has 0 radical (unpaired) electrons. The lowest BCUT2D eigenvalue weighted by atomic mass is 9.93. The van der Waals surface area contributed by atoms with E-state index >= 15 is 0 Å². The number of fused-ring (bicyclic) bond motifs is 1. The summed E-state index contributed by atoms with van der Waals surface area (Å²) in [5.74, 6) is 0.455. The first kappa shape index (κ1) is 22.4. The SMILES string of the molecule is CNc1cc(C(=O)NC[C@@H]2CCN(CCC3OCCO3)C[C@H]2O)c2c(c1Cl)OCCO2. The second kappa shape index (κ2) is 10.2. The molecule has 1 amide bonds. The molecule has 3 aliphatic rings. The van der Waals surface area contributed by atoms with Gasteiger partial charge >= 0.3 is 0 Å². The predicted octanol–water partition coefficient (Wildman–Crippen LogP) is 1.33. The number of β-amino-alcohol motifs (C(OH)–C–C–N with tert-alkyl or cyclic N) is 1. The molecule has 0 unspecified atom stereocenters. The third-order valence-corrected chi connectivity index (χ3v) is 6.34. The van der Waals surface area contributed by atoms with Crippen LogP contribution in [-0.4, -0.2) is 88.0 Å². The van der Waals surface area contributed by atoms with Gasteiger partial charge in [0.15, 0.2) is 17.8 Å². The number of likely N-dealkylation sites (tertiary alicyclic amines) is 1. The first-order chi connectivity index (χ1) is 15.1. The third-order valence-electron chi connectivity index (χ3n) is 5.97. The van der Waals surface area contributed by atoms with Gasteiger partial charge in [-0.05, 0) is 19.0 Å². The molecule has 2 saturated heterocycles. The summed E-state index contributed by atoms with van der Waals surface area (Å²) in [4.78, 5) is 15.1. The third kappa shape index (κ3) is 5.18. The molecule has 172 valence electrons. The number of anilines is 1. The summed E-state index contributed by atoms with van der Waals surface area (Å²) in [6, 6.07) is 1.66. The molecule has 0 saturated carbocycles. The molecule has 2 atom stereocenters. The van der Waals surface area contributed by atoms with Crippen molar-refractivity contribution in [2.24, 2.45) is 5.92 Å². The van der Waals surface area contributed by atoms with E-state index in [4.69, 9.17) is 30.5 Å². The van der Waals surface area contributed by atoms with Crippen molar-refractivity contribution in [3.8, 4) is 11.5 Å². The number of piperidine rings is 1. The number of aliphatic hydroxyl groups is 1. The summed E-state index contributed by atoms with van der Waals surface area (Å²) in [6.07, 6.45) is 0.957. The van der Waals surface area contributed by atoms with Gasteiger partial charge in [-0.2, -0.15) is 0 Å². The first-order valence-corrected chi connectivity index (χ1v) is 11.2. The lowest BCUT2D eigenvalue weighted by Crippen LogP contribution is -2.48. The molecule has 1 aromatic carbocycles. The summed E-state index contributed by atoms with van der Waals surface area (Å²) >= 11 is 6.35. The number of halogens is 1. The van der Waals surface area contributed by atoms with Crippen molar-refractivity contribution in [3.63, 3.8) is 0 Å². The second-order valence-electron chi connectivity index (χ2n) is 7.98. The Bertz CT molecular complexity index is 789. The number of benzene rings is 1. The first-order valence-electron chi connectivity index (χ1n) is 10.8. The van der Waals surface area contributed by atoms with Gasteiger partial charge in [-0.3, -0.25) is 4.79 Å². The number of ether oxygens (including phenoxy) is 4. The Morgan fingerprint density at radius 1 is 1.23 bits per heavy atom. The molecule has 31 heavy (non-hydrogen) atoms. The fourth-order valence-corrected chi connectivity index (χ4v) is 4.48. The minimum atomic E-state index is -0.508. The number of aliphatic hydroxyl groups excluding tert-OH is 1. The molecule has 3 N–H and O–H groups in total. The Morgan fingerprint density at radius 2 is 1.97 bits per heavy atom. The highest BCUT2D eigenvalue weighted by atomic mass is 35.5. The molecule has 4 rings (SSSR count). The Kier molecular flexibility index (Phi) is 7.39. The van der Waals surface area contributed by atoms with Crippen molar-refractivity contribution in [1.82, 2.24) is 10.2 Å². The number of carbonyl (C=O) groups is 1. The smallest absolute Gasteiger partial charge is 0.255 e. The highest BCUT2D eigenvalue weighted by molar-refractivity contribution is 6.35. The van der Waals surface area contributed by atoms with Gasteiger partial charge in [0.25, 0.3) is 5.91 Å². The lowest BCUT2D eigenvalue weighted by Gasteiger charge is -2.36. The highest BCUT2D eigenvalue weighted by Crippen LogP contribution is 2.44. The van der Waals surface area contributed by atoms with Crippen LogP contribution in [0.2, 0.25) is 5.02 Å². The van der Waals surface area contributed by atoms with Crippen LogP contribution in [0.5, 0.6) is 11.5 Å². The normalized spacial score (nSPS) is 24.2. The monoisotopic (exact) mass is 455 g/mol. The molecule has 2 fully saturated rings. The fraction of sp³-hybridized carbons (Fsp3) is 0.667. The predicted molar refractivity (Wildman–Crippen MR) is 115 cm³/mol. The van der Waals surface area contributed by atoms with Gasteiger partial charge in [0.1, 0.15) is 18.2 Å². The van der Waals surface area contributed by atoms with Crippen LogP contribution in [0, 0.1) is 5.92 Å². The van der Waals surface area contributed by atoms with Crippen LogP contribution in [0.15, 0.2) is 6.07 Å². The highest BCUT2D eigenvalue weighted by Gasteiger charge is 2.30. The number of hydrogen-bond acceptors (Lipinski definition) is 8. The van der Waals surface area contributed by atoms with Gasteiger partial charge in [0.2, 0.25) is 0 Å². The molecule has 1 aromatic rings. The number of hydrogen-bond donors (Lipinski definition) is 3. The molecule has 0 aromatic heterocycles. The van der Waals surface area contributed by atoms with Gasteiger partial charge in [-0.15, -0.1) is 0 Å². The molecule has 0 aliphatic carbocycles. The molecule has 0 bridgehead atoms. The van der Waals surface area contributed by atoms with Crippen molar-refractivity contribution in [2.45, 2.75) is 25.2 Å². The molecular formula is C21H30ClN3O6. The van der Waals surface area contributed by atoms with Crippen LogP contribution < -0.4 is 20.1 Å². The molecule has 3 heterocycles. The fourth-order valence-electron chi connectivity index (χ4n) is 4.20. The van der Waals surface area contributed by atoms with E-state index in [1.807, 2.05) is 0 Å². The standard InChI is InChI=1S/C21H30ClN3O6/c1-23-15-10-14(19-20(18(15)22)31-9-8-30-19)21(27)24-11-13-2-4-25(12-16(13)26)5-3-17-28-6-7-29-17/h10,13,16-17,23,26H,2-9,11-12H2,1H3,(H,24,27)/t13-,16+/m0/s1. The Labute approximate surface area is 186 Å². The van der Waals surface area contributed by atoms with Crippen LogP contribution in [-0.2, 0) is 9.47 Å². The van der Waals surface area contributed by atoms with E-state index in [9.17, 15) is 9.90 Å². The van der Waals surface area contributed by atoms with E-state index in [2.05, 4.69) is 15.5 Å². The van der Waals surface area contributed by atoms with E-state index in [1.165, 1.54) is 0 Å². The zero-order valence-electron chi connectivity index (χ0n) is 17.7. The van der Waals surface area contributed by atoms with E-state index in [-0.39, 0.29) is 18.1 Å². The van der Waals surface area contributed by atoms with Crippen molar-refractivity contribution in [2.75, 3.05) is 65.0 Å². The quantitative estimate of drug-likeness (QED) is 0.566. The van der Waals surface area contributed by atoms with E-state index < -0.39 is 6.10 Å². The van der Waals surface area contributed by atoms with Crippen molar-refractivity contribution < 1.29 is 28.8 Å². The summed E-state index contributed by atoms with van der Waals surface area (Å²) in [5, 5.41) is 16.9. The largest absolute Gasteiger partial charge is 0.485 e. The van der Waals surface area contributed by atoms with Gasteiger partial charge in [-0.1, -0.05) is 11.6 Å². The molecule has 9 nitrogen and oxygen atoms in total. The maximum atomic E-state index is 12.9. The summed E-state index contributed by atoms with van der Waals surface area (Å²) in [5.41, 5.74) is 0.964. The average molecular weight is 456 g/mol. The summed E-state index contributed by atoms with van der Waals surface area (Å²) in [6.45, 7) is 4.68. The number of rotatable bonds is 7. The van der Waals surface area contributed by atoms with Gasteiger partial charge in [0, 0.05) is 39.0 Å². The van der Waals surface area contributed by atoms with E-state index in [0.717, 1.165) is 25.9 Å². The Balaban J connectivity index is 1.32.